The summed E-state index contributed by atoms with van der Waals surface area (Å²) in [4.78, 5) is 35.9. The third-order valence-electron chi connectivity index (χ3n) is 3.84. The normalized spacial score (nSPS) is 10.5. The second-order valence-electron chi connectivity index (χ2n) is 5.59. The van der Waals surface area contributed by atoms with Gasteiger partial charge in [0.25, 0.3) is 11.5 Å². The first-order chi connectivity index (χ1) is 12.6. The molecule has 0 spiro atoms. The molecule has 0 saturated carbocycles. The van der Waals surface area contributed by atoms with Gasteiger partial charge < -0.3 is 10.6 Å². The van der Waals surface area contributed by atoms with E-state index in [0.29, 0.717) is 22.2 Å². The SMILES string of the molecule is CNC(=O)c1ccc(NC(=O)CCn2nnc3ccccc3c2=O)cc1. The van der Waals surface area contributed by atoms with Gasteiger partial charge in [-0.05, 0) is 36.4 Å². The number of carbonyl (C=O) groups is 2. The van der Waals surface area contributed by atoms with Crippen molar-refractivity contribution in [1.29, 1.82) is 0 Å². The van der Waals surface area contributed by atoms with E-state index < -0.39 is 0 Å². The molecule has 3 aromatic rings. The summed E-state index contributed by atoms with van der Waals surface area (Å²) in [7, 11) is 1.55. The van der Waals surface area contributed by atoms with Crippen molar-refractivity contribution in [3.8, 4) is 0 Å². The smallest absolute Gasteiger partial charge is 0.277 e. The number of carbonyl (C=O) groups excluding carboxylic acids is 2. The molecule has 8 heteroatoms. The number of hydrogen-bond acceptors (Lipinski definition) is 5. The van der Waals surface area contributed by atoms with Gasteiger partial charge >= 0.3 is 0 Å². The molecule has 0 bridgehead atoms. The van der Waals surface area contributed by atoms with Gasteiger partial charge in [-0.3, -0.25) is 14.4 Å². The molecule has 132 valence electrons. The quantitative estimate of drug-likeness (QED) is 0.718. The Morgan fingerprint density at radius 1 is 1.08 bits per heavy atom. The molecule has 0 fully saturated rings. The van der Waals surface area contributed by atoms with E-state index in [2.05, 4.69) is 20.9 Å². The van der Waals surface area contributed by atoms with Gasteiger partial charge in [-0.1, -0.05) is 17.3 Å². The summed E-state index contributed by atoms with van der Waals surface area (Å²) < 4.78 is 1.18. The van der Waals surface area contributed by atoms with Crippen LogP contribution in [0.1, 0.15) is 16.8 Å². The van der Waals surface area contributed by atoms with Crippen LogP contribution in [0.4, 0.5) is 5.69 Å². The predicted octanol–water partition coefficient (Wildman–Crippen LogP) is 1.18. The fraction of sp³-hybridized carbons (Fsp3) is 0.167. The number of rotatable bonds is 5. The fourth-order valence-corrected chi connectivity index (χ4v) is 2.45. The molecule has 0 unspecified atom stereocenters. The van der Waals surface area contributed by atoms with Gasteiger partial charge in [0, 0.05) is 24.7 Å². The predicted molar refractivity (Wildman–Crippen MR) is 96.9 cm³/mol. The summed E-state index contributed by atoms with van der Waals surface area (Å²) in [5.41, 5.74) is 1.32. The van der Waals surface area contributed by atoms with Crippen LogP contribution in [0.3, 0.4) is 0 Å². The molecule has 0 atom stereocenters. The fourth-order valence-electron chi connectivity index (χ4n) is 2.45. The van der Waals surface area contributed by atoms with Crippen molar-refractivity contribution in [2.75, 3.05) is 12.4 Å². The van der Waals surface area contributed by atoms with Crippen LogP contribution in [0.5, 0.6) is 0 Å². The molecule has 2 N–H and O–H groups in total. The van der Waals surface area contributed by atoms with E-state index in [1.54, 1.807) is 55.6 Å². The molecule has 0 saturated heterocycles. The average molecular weight is 351 g/mol. The van der Waals surface area contributed by atoms with Gasteiger partial charge in [0.15, 0.2) is 0 Å². The first-order valence-electron chi connectivity index (χ1n) is 8.03. The van der Waals surface area contributed by atoms with Gasteiger partial charge in [0.1, 0.15) is 5.52 Å². The molecule has 1 heterocycles. The Hall–Kier alpha value is -3.55. The van der Waals surface area contributed by atoms with Gasteiger partial charge in [0.05, 0.1) is 11.9 Å². The van der Waals surface area contributed by atoms with Gasteiger partial charge in [-0.25, -0.2) is 4.68 Å². The Bertz CT molecular complexity index is 1010. The molecular weight excluding hydrogens is 334 g/mol. The van der Waals surface area contributed by atoms with E-state index in [0.717, 1.165) is 0 Å². The highest BCUT2D eigenvalue weighted by atomic mass is 16.2. The second-order valence-corrected chi connectivity index (χ2v) is 5.59. The summed E-state index contributed by atoms with van der Waals surface area (Å²) in [5.74, 6) is -0.461. The van der Waals surface area contributed by atoms with E-state index in [1.165, 1.54) is 4.68 Å². The maximum Gasteiger partial charge on any atom is 0.277 e. The first kappa shape index (κ1) is 17.3. The van der Waals surface area contributed by atoms with Crippen molar-refractivity contribution in [3.05, 3.63) is 64.4 Å². The highest BCUT2D eigenvalue weighted by Crippen LogP contribution is 2.10. The molecule has 0 aliphatic heterocycles. The highest BCUT2D eigenvalue weighted by Gasteiger charge is 2.09. The third-order valence-corrected chi connectivity index (χ3v) is 3.84. The van der Waals surface area contributed by atoms with Crippen LogP contribution in [0.2, 0.25) is 0 Å². The van der Waals surface area contributed by atoms with Crippen LogP contribution in [0, 0.1) is 0 Å². The lowest BCUT2D eigenvalue weighted by atomic mass is 10.2. The molecule has 8 nitrogen and oxygen atoms in total. The van der Waals surface area contributed by atoms with Crippen LogP contribution in [0.15, 0.2) is 53.3 Å². The zero-order chi connectivity index (χ0) is 18.5. The second kappa shape index (κ2) is 7.56. The average Bonchev–Trinajstić information content (AvgIpc) is 2.67. The Balaban J connectivity index is 1.63. The summed E-state index contributed by atoms with van der Waals surface area (Å²) in [6, 6.07) is 13.4. The van der Waals surface area contributed by atoms with Crippen LogP contribution in [0.25, 0.3) is 10.9 Å². The first-order valence-corrected chi connectivity index (χ1v) is 8.03. The van der Waals surface area contributed by atoms with Gasteiger partial charge in [-0.2, -0.15) is 0 Å². The Morgan fingerprint density at radius 2 is 1.81 bits per heavy atom. The van der Waals surface area contributed by atoms with Crippen LogP contribution < -0.4 is 16.2 Å². The molecule has 0 aliphatic rings. The molecule has 0 aliphatic carbocycles. The molecule has 1 aromatic heterocycles. The highest BCUT2D eigenvalue weighted by molar-refractivity contribution is 5.95. The summed E-state index contributed by atoms with van der Waals surface area (Å²) in [5, 5.41) is 13.5. The van der Waals surface area contributed by atoms with Crippen molar-refractivity contribution in [2.24, 2.45) is 0 Å². The zero-order valence-electron chi connectivity index (χ0n) is 14.1. The number of amides is 2. The minimum absolute atomic E-state index is 0.0735. The van der Waals surface area contributed by atoms with E-state index in [4.69, 9.17) is 0 Å². The lowest BCUT2D eigenvalue weighted by Gasteiger charge is -2.07. The number of anilines is 1. The lowest BCUT2D eigenvalue weighted by molar-refractivity contribution is -0.116. The van der Waals surface area contributed by atoms with E-state index in [9.17, 15) is 14.4 Å². The van der Waals surface area contributed by atoms with Crippen molar-refractivity contribution in [2.45, 2.75) is 13.0 Å². The minimum atomic E-state index is -0.279. The number of hydrogen-bond donors (Lipinski definition) is 2. The van der Waals surface area contributed by atoms with Gasteiger partial charge in [-0.15, -0.1) is 5.10 Å². The standard InChI is InChI=1S/C18H17N5O3/c1-19-17(25)12-6-8-13(9-7-12)20-16(24)10-11-23-18(26)14-4-2-3-5-15(14)21-22-23/h2-9H,10-11H2,1H3,(H,19,25)(H,20,24). The molecule has 3 rings (SSSR count). The Morgan fingerprint density at radius 3 is 2.54 bits per heavy atom. The van der Waals surface area contributed by atoms with Crippen molar-refractivity contribution in [1.82, 2.24) is 20.3 Å². The topological polar surface area (TPSA) is 106 Å². The minimum Gasteiger partial charge on any atom is -0.355 e. The Kier molecular flexibility index (Phi) is 5.02. The van der Waals surface area contributed by atoms with E-state index >= 15 is 0 Å². The number of aromatic nitrogens is 3. The molecule has 0 radical (unpaired) electrons. The summed E-state index contributed by atoms with van der Waals surface area (Å²) >= 11 is 0. The molecule has 26 heavy (non-hydrogen) atoms. The maximum atomic E-state index is 12.3. The molecule has 2 aromatic carbocycles. The van der Waals surface area contributed by atoms with Crippen molar-refractivity contribution in [3.63, 3.8) is 0 Å². The monoisotopic (exact) mass is 351 g/mol. The summed E-state index contributed by atoms with van der Waals surface area (Å²) in [6.45, 7) is 0.124. The van der Waals surface area contributed by atoms with Crippen LogP contribution >= 0.6 is 0 Å². The van der Waals surface area contributed by atoms with Crippen LogP contribution in [-0.4, -0.2) is 33.9 Å². The number of aryl methyl sites for hydroxylation is 1. The zero-order valence-corrected chi connectivity index (χ0v) is 14.1. The number of benzene rings is 2. The number of nitrogens with zero attached hydrogens (tertiary/aromatic N) is 3. The molecular formula is C18H17N5O3. The van der Waals surface area contributed by atoms with Crippen molar-refractivity contribution >= 4 is 28.4 Å². The summed E-state index contributed by atoms with van der Waals surface area (Å²) in [6.07, 6.45) is 0.0735. The molecule has 2 amide bonds. The largest absolute Gasteiger partial charge is 0.355 e. The van der Waals surface area contributed by atoms with E-state index in [-0.39, 0.29) is 30.3 Å². The van der Waals surface area contributed by atoms with Gasteiger partial charge in [0.2, 0.25) is 5.91 Å². The maximum absolute atomic E-state index is 12.3. The van der Waals surface area contributed by atoms with Crippen LogP contribution in [-0.2, 0) is 11.3 Å². The van der Waals surface area contributed by atoms with Crippen molar-refractivity contribution < 1.29 is 9.59 Å². The number of fused-ring (bicyclic) bond motifs is 1. The van der Waals surface area contributed by atoms with E-state index in [1.807, 2.05) is 0 Å². The Labute approximate surface area is 148 Å². The third kappa shape index (κ3) is 3.75. The number of nitrogens with one attached hydrogen (secondary N) is 2. The lowest BCUT2D eigenvalue weighted by Crippen LogP contribution is -2.26.